The molecule has 1 N–H and O–H groups in total. The molecule has 2 aromatic heterocycles. The number of carbonyl (C=O) groups is 2. The number of hydrogen-bond donors (Lipinski definition) is 1. The number of aryl methyl sites for hydroxylation is 1. The summed E-state index contributed by atoms with van der Waals surface area (Å²) in [5.74, 6) is -0.938. The number of piperidine rings is 1. The number of ether oxygens (including phenoxy) is 1. The minimum absolute atomic E-state index is 0.0420. The molecule has 2 aliphatic heterocycles. The Labute approximate surface area is 183 Å². The van der Waals surface area contributed by atoms with Gasteiger partial charge in [-0.1, -0.05) is 30.3 Å². The largest absolute Gasteiger partial charge is 0.477 e. The molecule has 2 aliphatic rings. The number of carboxylic acid groups (broad SMARTS) is 1. The van der Waals surface area contributed by atoms with Crippen LogP contribution >= 0.6 is 11.3 Å². The highest BCUT2D eigenvalue weighted by Gasteiger charge is 2.43. The van der Waals surface area contributed by atoms with Crippen molar-refractivity contribution in [2.75, 3.05) is 19.7 Å². The Morgan fingerprint density at radius 2 is 1.90 bits per heavy atom. The molecule has 5 rings (SSSR count). The summed E-state index contributed by atoms with van der Waals surface area (Å²) in [6.45, 7) is 1.70. The van der Waals surface area contributed by atoms with Gasteiger partial charge >= 0.3 is 5.97 Å². The number of rotatable bonds is 3. The predicted octanol–water partition coefficient (Wildman–Crippen LogP) is 3.55. The summed E-state index contributed by atoms with van der Waals surface area (Å²) in [7, 11) is 1.79. The summed E-state index contributed by atoms with van der Waals surface area (Å²) < 4.78 is 7.84. The van der Waals surface area contributed by atoms with E-state index in [0.29, 0.717) is 43.1 Å². The zero-order valence-corrected chi connectivity index (χ0v) is 18.0. The first-order chi connectivity index (χ1) is 15.0. The third kappa shape index (κ3) is 3.45. The van der Waals surface area contributed by atoms with E-state index in [-0.39, 0.29) is 5.91 Å². The maximum atomic E-state index is 13.2. The van der Waals surface area contributed by atoms with E-state index in [2.05, 4.69) is 5.10 Å². The van der Waals surface area contributed by atoms with E-state index in [1.165, 1.54) is 11.3 Å². The van der Waals surface area contributed by atoms with Crippen molar-refractivity contribution < 1.29 is 19.4 Å². The normalized spacial score (nSPS) is 17.5. The monoisotopic (exact) mass is 437 g/mol. The van der Waals surface area contributed by atoms with Gasteiger partial charge in [-0.3, -0.25) is 9.48 Å². The lowest BCUT2D eigenvalue weighted by molar-refractivity contribution is -0.0927. The van der Waals surface area contributed by atoms with Gasteiger partial charge in [-0.05, 0) is 30.5 Å². The van der Waals surface area contributed by atoms with Gasteiger partial charge in [0.1, 0.15) is 10.6 Å². The molecule has 8 heteroatoms. The summed E-state index contributed by atoms with van der Waals surface area (Å²) in [5.41, 5.74) is 2.82. The van der Waals surface area contributed by atoms with Crippen LogP contribution in [0.25, 0.3) is 11.3 Å². The summed E-state index contributed by atoms with van der Waals surface area (Å²) in [4.78, 5) is 28.0. The highest BCUT2D eigenvalue weighted by atomic mass is 32.1. The Hall–Kier alpha value is -2.97. The summed E-state index contributed by atoms with van der Waals surface area (Å²) >= 11 is 1.35. The minimum Gasteiger partial charge on any atom is -0.477 e. The summed E-state index contributed by atoms with van der Waals surface area (Å²) in [5, 5.41) is 13.9. The van der Waals surface area contributed by atoms with Crippen molar-refractivity contribution in [3.8, 4) is 11.3 Å². The second kappa shape index (κ2) is 7.62. The number of carbonyl (C=O) groups excluding carboxylic acids is 1. The fourth-order valence-corrected chi connectivity index (χ4v) is 5.66. The fraction of sp³-hybridized carbons (Fsp3) is 0.348. The van der Waals surface area contributed by atoms with E-state index in [1.807, 2.05) is 41.3 Å². The molecule has 0 aliphatic carbocycles. The molecule has 0 radical (unpaired) electrons. The molecular formula is C23H23N3O4S. The first-order valence-corrected chi connectivity index (χ1v) is 11.2. The molecule has 0 saturated carbocycles. The quantitative estimate of drug-likeness (QED) is 0.677. The van der Waals surface area contributed by atoms with Gasteiger partial charge < -0.3 is 14.7 Å². The lowest BCUT2D eigenvalue weighted by atomic mass is 9.82. The number of thiophene rings is 1. The molecule has 0 atom stereocenters. The molecule has 3 aromatic rings. The summed E-state index contributed by atoms with van der Waals surface area (Å²) in [6, 6.07) is 13.4. The van der Waals surface area contributed by atoms with Gasteiger partial charge in [0.25, 0.3) is 5.91 Å². The number of hydrogen-bond acceptors (Lipinski definition) is 5. The Balaban J connectivity index is 1.35. The number of amides is 1. The van der Waals surface area contributed by atoms with Crippen LogP contribution in [0.3, 0.4) is 0 Å². The van der Waals surface area contributed by atoms with Crippen LogP contribution in [0.4, 0.5) is 0 Å². The van der Waals surface area contributed by atoms with Gasteiger partial charge in [-0.15, -0.1) is 11.3 Å². The number of nitrogens with zero attached hydrogens (tertiary/aromatic N) is 3. The first kappa shape index (κ1) is 20.0. The maximum absolute atomic E-state index is 13.2. The zero-order valence-electron chi connectivity index (χ0n) is 17.2. The Bertz CT molecular complexity index is 1140. The van der Waals surface area contributed by atoms with Gasteiger partial charge in [0.05, 0.1) is 17.9 Å². The van der Waals surface area contributed by atoms with Crippen molar-refractivity contribution in [3.63, 3.8) is 0 Å². The minimum atomic E-state index is -0.896. The van der Waals surface area contributed by atoms with Crippen molar-refractivity contribution in [1.82, 2.24) is 14.7 Å². The molecule has 1 fully saturated rings. The average molecular weight is 438 g/mol. The molecule has 4 heterocycles. The van der Waals surface area contributed by atoms with E-state index in [9.17, 15) is 14.7 Å². The van der Waals surface area contributed by atoms with Crippen molar-refractivity contribution >= 4 is 23.2 Å². The van der Waals surface area contributed by atoms with Gasteiger partial charge in [-0.25, -0.2) is 4.79 Å². The lowest BCUT2D eigenvalue weighted by Gasteiger charge is -2.44. The average Bonchev–Trinajstić information content (AvgIpc) is 3.40. The maximum Gasteiger partial charge on any atom is 0.345 e. The first-order valence-electron chi connectivity index (χ1n) is 10.4. The molecule has 0 unspecified atom stereocenters. The zero-order chi connectivity index (χ0) is 21.6. The Morgan fingerprint density at radius 1 is 1.16 bits per heavy atom. The number of aromatic nitrogens is 2. The Kier molecular flexibility index (Phi) is 4.91. The molecular weight excluding hydrogens is 414 g/mol. The van der Waals surface area contributed by atoms with Crippen LogP contribution in [0, 0.1) is 0 Å². The molecule has 31 heavy (non-hydrogen) atoms. The lowest BCUT2D eigenvalue weighted by Crippen LogP contribution is -2.48. The molecule has 7 nitrogen and oxygen atoms in total. The highest BCUT2D eigenvalue weighted by molar-refractivity contribution is 7.14. The van der Waals surface area contributed by atoms with Crippen LogP contribution < -0.4 is 0 Å². The number of aromatic carboxylic acids is 1. The molecule has 1 amide bonds. The van der Waals surface area contributed by atoms with Crippen molar-refractivity contribution in [2.24, 2.45) is 7.05 Å². The van der Waals surface area contributed by atoms with Crippen molar-refractivity contribution in [1.29, 1.82) is 0 Å². The van der Waals surface area contributed by atoms with Crippen LogP contribution in [-0.4, -0.2) is 51.4 Å². The standard InChI is InChI=1S/C23H23N3O4S/c1-25-18(14-17(24-25)15-5-3-2-4-6-15)21(27)26-10-8-23(9-11-26)16-13-20(22(28)29)31-19(16)7-12-30-23/h2-6,13-14H,7-12H2,1H3,(H,28,29). The smallest absolute Gasteiger partial charge is 0.345 e. The van der Waals surface area contributed by atoms with Crippen LogP contribution in [0.5, 0.6) is 0 Å². The topological polar surface area (TPSA) is 84.7 Å². The van der Waals surface area contributed by atoms with Crippen molar-refractivity contribution in [2.45, 2.75) is 24.9 Å². The summed E-state index contributed by atoms with van der Waals surface area (Å²) in [6.07, 6.45) is 2.06. The van der Waals surface area contributed by atoms with E-state index in [0.717, 1.165) is 28.1 Å². The number of carboxylic acids is 1. The molecule has 1 aromatic carbocycles. The van der Waals surface area contributed by atoms with Crippen LogP contribution in [0.1, 0.15) is 43.4 Å². The molecule has 1 saturated heterocycles. The van der Waals surface area contributed by atoms with E-state index >= 15 is 0 Å². The van der Waals surface area contributed by atoms with Gasteiger partial charge in [0.15, 0.2) is 0 Å². The number of benzene rings is 1. The number of fused-ring (bicyclic) bond motifs is 2. The van der Waals surface area contributed by atoms with Crippen molar-refractivity contribution in [3.05, 3.63) is 63.5 Å². The van der Waals surface area contributed by atoms with E-state index in [1.54, 1.807) is 17.8 Å². The fourth-order valence-electron chi connectivity index (χ4n) is 4.59. The Morgan fingerprint density at radius 3 is 2.61 bits per heavy atom. The van der Waals surface area contributed by atoms with Gasteiger partial charge in [0.2, 0.25) is 0 Å². The van der Waals surface area contributed by atoms with Gasteiger partial charge in [0, 0.05) is 37.0 Å². The third-order valence-electron chi connectivity index (χ3n) is 6.24. The molecule has 0 bridgehead atoms. The molecule has 1 spiro atoms. The SMILES string of the molecule is Cn1nc(-c2ccccc2)cc1C(=O)N1CCC2(CC1)OCCc1sc(C(=O)O)cc12. The third-order valence-corrected chi connectivity index (χ3v) is 7.43. The van der Waals surface area contributed by atoms with E-state index < -0.39 is 11.6 Å². The van der Waals surface area contributed by atoms with Crippen LogP contribution in [0.15, 0.2) is 42.5 Å². The highest BCUT2D eigenvalue weighted by Crippen LogP contribution is 2.44. The second-order valence-corrected chi connectivity index (χ2v) is 9.18. The number of likely N-dealkylation sites (tertiary alicyclic amines) is 1. The molecule has 160 valence electrons. The van der Waals surface area contributed by atoms with E-state index in [4.69, 9.17) is 4.74 Å². The van der Waals surface area contributed by atoms with Crippen LogP contribution in [-0.2, 0) is 23.8 Å². The second-order valence-electron chi connectivity index (χ2n) is 8.04. The van der Waals surface area contributed by atoms with Crippen LogP contribution in [0.2, 0.25) is 0 Å². The predicted molar refractivity (Wildman–Crippen MR) is 116 cm³/mol. The van der Waals surface area contributed by atoms with Gasteiger partial charge in [-0.2, -0.15) is 5.10 Å².